The monoisotopic (exact) mass is 531 g/mol. The third kappa shape index (κ3) is 6.38. The van der Waals surface area contributed by atoms with Crippen molar-refractivity contribution in [1.29, 1.82) is 0 Å². The van der Waals surface area contributed by atoms with Crippen LogP contribution in [-0.4, -0.2) is 62.8 Å². The lowest BCUT2D eigenvalue weighted by atomic mass is 9.93. The van der Waals surface area contributed by atoms with Crippen LogP contribution in [0.2, 0.25) is 0 Å². The van der Waals surface area contributed by atoms with Crippen LogP contribution in [0.4, 0.5) is 17.6 Å². The maximum absolute atomic E-state index is 6.26. The Balaban J connectivity index is 1.11. The van der Waals surface area contributed by atoms with E-state index in [0.29, 0.717) is 24.1 Å². The molecule has 3 fully saturated rings. The number of nitrogens with zero attached hydrogens (tertiary/aromatic N) is 5. The van der Waals surface area contributed by atoms with Crippen molar-refractivity contribution in [3.05, 3.63) is 35.5 Å². The van der Waals surface area contributed by atoms with Crippen molar-refractivity contribution in [2.24, 2.45) is 0 Å². The molecule has 3 aliphatic rings. The van der Waals surface area contributed by atoms with Crippen LogP contribution in [0, 0.1) is 13.8 Å². The average Bonchev–Trinajstić information content (AvgIpc) is 3.59. The molecule has 1 aliphatic heterocycles. The van der Waals surface area contributed by atoms with E-state index in [4.69, 9.17) is 14.7 Å². The fourth-order valence-electron chi connectivity index (χ4n) is 6.72. The summed E-state index contributed by atoms with van der Waals surface area (Å²) in [5.74, 6) is 1.59. The molecule has 210 valence electrons. The maximum Gasteiger partial charge on any atom is 0.224 e. The van der Waals surface area contributed by atoms with Crippen molar-refractivity contribution in [2.45, 2.75) is 103 Å². The molecule has 2 aliphatic carbocycles. The predicted octanol–water partition coefficient (Wildman–Crippen LogP) is 6.53. The predicted molar refractivity (Wildman–Crippen MR) is 158 cm³/mol. The van der Waals surface area contributed by atoms with Gasteiger partial charge in [0, 0.05) is 24.3 Å². The van der Waals surface area contributed by atoms with Gasteiger partial charge >= 0.3 is 0 Å². The number of piperidine rings is 1. The van der Waals surface area contributed by atoms with Crippen molar-refractivity contribution in [3.63, 3.8) is 0 Å². The number of imidazole rings is 1. The van der Waals surface area contributed by atoms with Crippen LogP contribution in [0.15, 0.2) is 24.4 Å². The fourth-order valence-corrected chi connectivity index (χ4v) is 6.72. The lowest BCUT2D eigenvalue weighted by Gasteiger charge is -2.31. The zero-order valence-electron chi connectivity index (χ0n) is 23.8. The number of rotatable bonds is 9. The molecule has 2 N–H and O–H groups in total. The average molecular weight is 532 g/mol. The highest BCUT2D eigenvalue weighted by atomic mass is 16.5. The third-order valence-electron chi connectivity index (χ3n) is 8.97. The van der Waals surface area contributed by atoms with Crippen LogP contribution in [0.5, 0.6) is 0 Å². The molecule has 0 spiro atoms. The summed E-state index contributed by atoms with van der Waals surface area (Å²) >= 11 is 0. The zero-order chi connectivity index (χ0) is 26.6. The minimum atomic E-state index is 0.388. The number of hydrogen-bond donors (Lipinski definition) is 2. The van der Waals surface area contributed by atoms with Gasteiger partial charge in [-0.1, -0.05) is 37.0 Å². The van der Waals surface area contributed by atoms with E-state index in [1.807, 2.05) is 6.20 Å². The Morgan fingerprint density at radius 2 is 1.72 bits per heavy atom. The van der Waals surface area contributed by atoms with Crippen LogP contribution >= 0.6 is 0 Å². The molecule has 39 heavy (non-hydrogen) atoms. The van der Waals surface area contributed by atoms with Crippen LogP contribution in [-0.2, 0) is 4.74 Å². The Bertz CT molecular complexity index is 1240. The van der Waals surface area contributed by atoms with Crippen molar-refractivity contribution in [2.75, 3.05) is 36.9 Å². The summed E-state index contributed by atoms with van der Waals surface area (Å²) in [5.41, 5.74) is 5.37. The van der Waals surface area contributed by atoms with E-state index in [1.165, 1.54) is 69.2 Å². The zero-order valence-corrected chi connectivity index (χ0v) is 23.8. The summed E-state index contributed by atoms with van der Waals surface area (Å²) in [6.07, 6.45) is 15.6. The summed E-state index contributed by atoms with van der Waals surface area (Å²) in [4.78, 5) is 17.2. The number of aromatic nitrogens is 4. The number of likely N-dealkylation sites (tertiary alicyclic amines) is 1. The van der Waals surface area contributed by atoms with Gasteiger partial charge in [0.2, 0.25) is 11.9 Å². The molecule has 3 aromatic rings. The molecule has 8 heteroatoms. The molecule has 8 nitrogen and oxygen atoms in total. The highest BCUT2D eigenvalue weighted by molar-refractivity contribution is 5.77. The van der Waals surface area contributed by atoms with E-state index >= 15 is 0 Å². The molecule has 1 aromatic carbocycles. The van der Waals surface area contributed by atoms with Crippen molar-refractivity contribution >= 4 is 28.7 Å². The topological polar surface area (TPSA) is 80.1 Å². The minimum Gasteiger partial charge on any atom is -0.377 e. The molecule has 6 rings (SSSR count). The molecule has 0 atom stereocenters. The second kappa shape index (κ2) is 12.2. The van der Waals surface area contributed by atoms with E-state index in [2.05, 4.69) is 57.1 Å². The molecule has 0 unspecified atom stereocenters. The molecular formula is C31H45N7O. The maximum atomic E-state index is 6.26. The molecule has 3 heterocycles. The number of fused-ring (bicyclic) bond motifs is 1. The van der Waals surface area contributed by atoms with Gasteiger partial charge in [0.05, 0.1) is 18.9 Å². The summed E-state index contributed by atoms with van der Waals surface area (Å²) < 4.78 is 8.60. The van der Waals surface area contributed by atoms with E-state index < -0.39 is 0 Å². The second-order valence-electron chi connectivity index (χ2n) is 12.0. The molecular weight excluding hydrogens is 486 g/mol. The molecule has 0 amide bonds. The molecule has 0 radical (unpaired) electrons. The lowest BCUT2D eigenvalue weighted by molar-refractivity contribution is 0.0123. The standard InChI is InChI=1S/C31H45N7O/c1-22-10-15-27(23(2)20-22)34-31-35-28-21-32-30(36-29(28)38(31)25-8-4-5-9-25)33-24-11-13-26(14-12-24)39-19-18-37-16-6-3-7-17-37/h10,15,20-21,24-26H,3-9,11-14,16-19H2,1-2H3,(H,34,35)(H,32,33,36). The first-order valence-corrected chi connectivity index (χ1v) is 15.3. The van der Waals surface area contributed by atoms with Crippen molar-refractivity contribution in [3.8, 4) is 0 Å². The molecule has 1 saturated heterocycles. The van der Waals surface area contributed by atoms with E-state index in [9.17, 15) is 0 Å². The van der Waals surface area contributed by atoms with Gasteiger partial charge in [-0.25, -0.2) is 9.97 Å². The Kier molecular flexibility index (Phi) is 8.30. The van der Waals surface area contributed by atoms with Gasteiger partial charge in [-0.05, 0) is 89.9 Å². The van der Waals surface area contributed by atoms with E-state index in [-0.39, 0.29) is 0 Å². The van der Waals surface area contributed by atoms with E-state index in [1.54, 1.807) is 0 Å². The smallest absolute Gasteiger partial charge is 0.224 e. The van der Waals surface area contributed by atoms with Gasteiger partial charge in [0.1, 0.15) is 5.52 Å². The minimum absolute atomic E-state index is 0.388. The molecule has 0 bridgehead atoms. The van der Waals surface area contributed by atoms with Gasteiger partial charge in [-0.2, -0.15) is 4.98 Å². The Labute approximate surface area is 233 Å². The number of aryl methyl sites for hydroxylation is 2. The summed E-state index contributed by atoms with van der Waals surface area (Å²) in [6, 6.07) is 7.31. The van der Waals surface area contributed by atoms with Crippen LogP contribution in [0.25, 0.3) is 11.2 Å². The molecule has 2 saturated carbocycles. The largest absolute Gasteiger partial charge is 0.377 e. The summed E-state index contributed by atoms with van der Waals surface area (Å²) in [7, 11) is 0. The van der Waals surface area contributed by atoms with Gasteiger partial charge < -0.3 is 20.3 Å². The first kappa shape index (κ1) is 26.5. The van der Waals surface area contributed by atoms with Crippen LogP contribution in [0.1, 0.15) is 87.8 Å². The van der Waals surface area contributed by atoms with Crippen molar-refractivity contribution < 1.29 is 4.74 Å². The van der Waals surface area contributed by atoms with Gasteiger partial charge in [0.15, 0.2) is 5.65 Å². The van der Waals surface area contributed by atoms with Crippen molar-refractivity contribution in [1.82, 2.24) is 24.4 Å². The first-order valence-electron chi connectivity index (χ1n) is 15.3. The Morgan fingerprint density at radius 3 is 2.49 bits per heavy atom. The normalized spacial score (nSPS) is 22.9. The SMILES string of the molecule is Cc1ccc(Nc2nc3cnc(NC4CCC(OCCN5CCCCC5)CC4)nc3n2C2CCCC2)c(C)c1. The lowest BCUT2D eigenvalue weighted by Crippen LogP contribution is -2.35. The summed E-state index contributed by atoms with van der Waals surface area (Å²) in [5, 5.41) is 7.27. The van der Waals surface area contributed by atoms with Crippen LogP contribution in [0.3, 0.4) is 0 Å². The number of benzene rings is 1. The van der Waals surface area contributed by atoms with Gasteiger partial charge in [0.25, 0.3) is 0 Å². The van der Waals surface area contributed by atoms with Gasteiger partial charge in [-0.15, -0.1) is 0 Å². The quantitative estimate of drug-likeness (QED) is 0.325. The third-order valence-corrected chi connectivity index (χ3v) is 8.97. The van der Waals surface area contributed by atoms with Crippen LogP contribution < -0.4 is 10.6 Å². The van der Waals surface area contributed by atoms with E-state index in [0.717, 1.165) is 61.6 Å². The first-order chi connectivity index (χ1) is 19.1. The van der Waals surface area contributed by atoms with Gasteiger partial charge in [-0.3, -0.25) is 4.57 Å². The highest BCUT2D eigenvalue weighted by Crippen LogP contribution is 2.36. The highest BCUT2D eigenvalue weighted by Gasteiger charge is 2.26. The second-order valence-corrected chi connectivity index (χ2v) is 12.0. The fraction of sp³-hybridized carbons (Fsp3) is 0.645. The Morgan fingerprint density at radius 1 is 0.923 bits per heavy atom. The number of nitrogens with one attached hydrogen (secondary N) is 2. The number of ether oxygens (including phenoxy) is 1. The molecule has 2 aromatic heterocycles. The number of anilines is 3. The summed E-state index contributed by atoms with van der Waals surface area (Å²) in [6.45, 7) is 8.71. The Hall–Kier alpha value is -2.71. The number of hydrogen-bond acceptors (Lipinski definition) is 7.